The van der Waals surface area contributed by atoms with Crippen molar-refractivity contribution in [2.45, 2.75) is 27.2 Å². The van der Waals surface area contributed by atoms with Gasteiger partial charge in [-0.1, -0.05) is 20.8 Å². The topological polar surface area (TPSA) is 32.3 Å². The van der Waals surface area contributed by atoms with Crippen molar-refractivity contribution >= 4 is 5.91 Å². The molecule has 88 valence electrons. The predicted octanol–water partition coefficient (Wildman–Crippen LogP) is 1.35. The summed E-state index contributed by atoms with van der Waals surface area (Å²) in [5, 5.41) is 2.91. The number of piperidine rings is 1. The smallest absolute Gasteiger partial charge is 0.224 e. The summed E-state index contributed by atoms with van der Waals surface area (Å²) in [6.07, 6.45) is 1.17. The Hall–Kier alpha value is -0.570. The van der Waals surface area contributed by atoms with Gasteiger partial charge in [-0.15, -0.1) is 0 Å². The van der Waals surface area contributed by atoms with E-state index in [1.807, 2.05) is 0 Å². The van der Waals surface area contributed by atoms with E-state index in [9.17, 15) is 4.79 Å². The summed E-state index contributed by atoms with van der Waals surface area (Å²) in [6.45, 7) is 9.45. The minimum Gasteiger partial charge on any atom is -0.356 e. The molecule has 1 N–H and O–H groups in total. The maximum atomic E-state index is 11.3. The van der Waals surface area contributed by atoms with Crippen LogP contribution >= 0.6 is 0 Å². The number of hydrogen-bond acceptors (Lipinski definition) is 2. The molecule has 0 bridgehead atoms. The van der Waals surface area contributed by atoms with Crippen molar-refractivity contribution < 1.29 is 4.79 Å². The first-order chi connectivity index (χ1) is 7.00. The maximum Gasteiger partial charge on any atom is 0.224 e. The summed E-state index contributed by atoms with van der Waals surface area (Å²) < 4.78 is 0. The van der Waals surface area contributed by atoms with Crippen molar-refractivity contribution in [2.75, 3.05) is 26.7 Å². The van der Waals surface area contributed by atoms with Crippen LogP contribution < -0.4 is 5.32 Å². The van der Waals surface area contributed by atoms with E-state index in [-0.39, 0.29) is 11.8 Å². The van der Waals surface area contributed by atoms with Crippen LogP contribution in [0, 0.1) is 17.8 Å². The van der Waals surface area contributed by atoms with Crippen LogP contribution in [0.25, 0.3) is 0 Å². The fraction of sp³-hybridized carbons (Fsp3) is 0.917. The Morgan fingerprint density at radius 1 is 1.33 bits per heavy atom. The van der Waals surface area contributed by atoms with Crippen LogP contribution in [0.5, 0.6) is 0 Å². The third kappa shape index (κ3) is 3.82. The molecular formula is C12H24N2O. The Bertz CT molecular complexity index is 213. The second-order valence-corrected chi connectivity index (χ2v) is 5.40. The zero-order chi connectivity index (χ0) is 11.4. The molecule has 2 heterocycles. The standard InChI is InChI=1S/C8H14N2O.C4H10/c1-10-4-6-2-3-9-8(11)7(6)5-10;1-4(2)3/h6-7H,2-5H2,1H3,(H,9,11);4H,1-3H3. The fourth-order valence-electron chi connectivity index (χ4n) is 2.19. The number of carbonyl (C=O) groups is 1. The number of nitrogens with one attached hydrogen (secondary N) is 1. The monoisotopic (exact) mass is 212 g/mol. The first-order valence-corrected chi connectivity index (χ1v) is 5.97. The van der Waals surface area contributed by atoms with Gasteiger partial charge in [0, 0.05) is 19.6 Å². The highest BCUT2D eigenvalue weighted by Crippen LogP contribution is 2.27. The highest BCUT2D eigenvalue weighted by Gasteiger charge is 2.37. The van der Waals surface area contributed by atoms with Crippen molar-refractivity contribution in [1.82, 2.24) is 10.2 Å². The first-order valence-electron chi connectivity index (χ1n) is 5.97. The van der Waals surface area contributed by atoms with Crippen LogP contribution in [-0.2, 0) is 4.79 Å². The molecule has 2 rings (SSSR count). The number of carbonyl (C=O) groups excluding carboxylic acids is 1. The zero-order valence-electron chi connectivity index (χ0n) is 10.4. The van der Waals surface area contributed by atoms with Gasteiger partial charge in [0.1, 0.15) is 0 Å². The van der Waals surface area contributed by atoms with Crippen molar-refractivity contribution in [3.63, 3.8) is 0 Å². The van der Waals surface area contributed by atoms with E-state index in [1.54, 1.807) is 0 Å². The van der Waals surface area contributed by atoms with Gasteiger partial charge in [-0.2, -0.15) is 0 Å². The van der Waals surface area contributed by atoms with Crippen molar-refractivity contribution in [3.05, 3.63) is 0 Å². The average molecular weight is 212 g/mol. The van der Waals surface area contributed by atoms with Gasteiger partial charge in [-0.3, -0.25) is 4.79 Å². The molecule has 3 nitrogen and oxygen atoms in total. The third-order valence-corrected chi connectivity index (χ3v) is 2.77. The van der Waals surface area contributed by atoms with Crippen LogP contribution in [-0.4, -0.2) is 37.5 Å². The highest BCUT2D eigenvalue weighted by atomic mass is 16.2. The Balaban J connectivity index is 0.000000245. The first kappa shape index (κ1) is 12.5. The van der Waals surface area contributed by atoms with Crippen LogP contribution in [0.1, 0.15) is 27.2 Å². The summed E-state index contributed by atoms with van der Waals surface area (Å²) in [4.78, 5) is 13.5. The van der Waals surface area contributed by atoms with Gasteiger partial charge in [0.05, 0.1) is 5.92 Å². The maximum absolute atomic E-state index is 11.3. The van der Waals surface area contributed by atoms with E-state index in [0.717, 1.165) is 25.6 Å². The van der Waals surface area contributed by atoms with Crippen LogP contribution in [0.4, 0.5) is 0 Å². The molecule has 3 heteroatoms. The van der Waals surface area contributed by atoms with Crippen molar-refractivity contribution in [3.8, 4) is 0 Å². The second-order valence-electron chi connectivity index (χ2n) is 5.40. The third-order valence-electron chi connectivity index (χ3n) is 2.77. The average Bonchev–Trinajstić information content (AvgIpc) is 2.46. The minimum atomic E-state index is 0.269. The Kier molecular flexibility index (Phi) is 4.58. The van der Waals surface area contributed by atoms with Crippen LogP contribution in [0.3, 0.4) is 0 Å². The molecule has 2 saturated heterocycles. The van der Waals surface area contributed by atoms with Gasteiger partial charge in [-0.05, 0) is 25.3 Å². The molecule has 0 aromatic heterocycles. The summed E-state index contributed by atoms with van der Waals surface area (Å²) >= 11 is 0. The molecule has 2 aliphatic heterocycles. The van der Waals surface area contributed by atoms with Crippen LogP contribution in [0.2, 0.25) is 0 Å². The molecule has 1 amide bonds. The normalized spacial score (nSPS) is 30.6. The van der Waals surface area contributed by atoms with Gasteiger partial charge in [0.2, 0.25) is 5.91 Å². The predicted molar refractivity (Wildman–Crippen MR) is 62.6 cm³/mol. The largest absolute Gasteiger partial charge is 0.356 e. The van der Waals surface area contributed by atoms with Crippen molar-refractivity contribution in [1.29, 1.82) is 0 Å². The zero-order valence-corrected chi connectivity index (χ0v) is 10.4. The van der Waals surface area contributed by atoms with E-state index in [4.69, 9.17) is 0 Å². The molecule has 0 aromatic rings. The lowest BCUT2D eigenvalue weighted by Crippen LogP contribution is -2.41. The molecule has 15 heavy (non-hydrogen) atoms. The fourth-order valence-corrected chi connectivity index (χ4v) is 2.19. The number of nitrogens with zero attached hydrogens (tertiary/aromatic N) is 1. The lowest BCUT2D eigenvalue weighted by molar-refractivity contribution is -0.127. The van der Waals surface area contributed by atoms with E-state index in [1.165, 1.54) is 6.42 Å². The lowest BCUT2D eigenvalue weighted by atomic mass is 9.89. The molecule has 2 aliphatic rings. The minimum absolute atomic E-state index is 0.269. The Labute approximate surface area is 93.2 Å². The summed E-state index contributed by atoms with van der Waals surface area (Å²) in [5.74, 6) is 2.02. The lowest BCUT2D eigenvalue weighted by Gasteiger charge is -2.23. The molecule has 0 radical (unpaired) electrons. The van der Waals surface area contributed by atoms with Crippen molar-refractivity contribution in [2.24, 2.45) is 17.8 Å². The molecular weight excluding hydrogens is 188 g/mol. The van der Waals surface area contributed by atoms with Crippen LogP contribution in [0.15, 0.2) is 0 Å². The Morgan fingerprint density at radius 2 is 1.93 bits per heavy atom. The number of fused-ring (bicyclic) bond motifs is 1. The van der Waals surface area contributed by atoms with E-state index in [0.29, 0.717) is 5.92 Å². The molecule has 0 aliphatic carbocycles. The van der Waals surface area contributed by atoms with E-state index in [2.05, 4.69) is 38.0 Å². The number of hydrogen-bond donors (Lipinski definition) is 1. The van der Waals surface area contributed by atoms with Gasteiger partial charge < -0.3 is 10.2 Å². The van der Waals surface area contributed by atoms with Gasteiger partial charge in [0.25, 0.3) is 0 Å². The van der Waals surface area contributed by atoms with E-state index >= 15 is 0 Å². The molecule has 2 unspecified atom stereocenters. The number of amides is 1. The number of rotatable bonds is 0. The molecule has 0 aromatic carbocycles. The van der Waals surface area contributed by atoms with E-state index < -0.39 is 0 Å². The Morgan fingerprint density at radius 3 is 2.47 bits per heavy atom. The molecule has 0 spiro atoms. The second kappa shape index (κ2) is 5.50. The van der Waals surface area contributed by atoms with Gasteiger partial charge >= 0.3 is 0 Å². The highest BCUT2D eigenvalue weighted by molar-refractivity contribution is 5.80. The van der Waals surface area contributed by atoms with Gasteiger partial charge in [-0.25, -0.2) is 0 Å². The summed E-state index contributed by atoms with van der Waals surface area (Å²) in [6, 6.07) is 0. The summed E-state index contributed by atoms with van der Waals surface area (Å²) in [7, 11) is 2.09. The molecule has 0 saturated carbocycles. The molecule has 2 fully saturated rings. The number of likely N-dealkylation sites (tertiary alicyclic amines) is 1. The quantitative estimate of drug-likeness (QED) is 0.657. The molecule has 2 atom stereocenters. The summed E-state index contributed by atoms with van der Waals surface area (Å²) in [5.41, 5.74) is 0. The SMILES string of the molecule is CC(C)C.CN1CC2CCNC(=O)C2C1. The van der Waals surface area contributed by atoms with Gasteiger partial charge in [0.15, 0.2) is 0 Å².